The number of carbonyl (C=O) groups excluding carboxylic acids is 1. The average Bonchev–Trinajstić information content (AvgIpc) is 2.92. The number of alkyl halides is 1. The van der Waals surface area contributed by atoms with Gasteiger partial charge in [0.1, 0.15) is 18.1 Å². The van der Waals surface area contributed by atoms with E-state index in [9.17, 15) is 19.2 Å². The van der Waals surface area contributed by atoms with Gasteiger partial charge in [-0.05, 0) is 30.3 Å². The Kier molecular flexibility index (Phi) is 8.57. The number of nitriles is 1. The van der Waals surface area contributed by atoms with Crippen molar-refractivity contribution in [3.05, 3.63) is 51.3 Å². The zero-order chi connectivity index (χ0) is 28.3. The van der Waals surface area contributed by atoms with E-state index in [0.717, 1.165) is 0 Å². The van der Waals surface area contributed by atoms with E-state index in [0.29, 0.717) is 46.9 Å². The quantitative estimate of drug-likeness (QED) is 0.385. The number of rotatable bonds is 8. The van der Waals surface area contributed by atoms with Gasteiger partial charge in [-0.25, -0.2) is 9.37 Å². The van der Waals surface area contributed by atoms with Crippen LogP contribution in [-0.4, -0.2) is 54.9 Å². The van der Waals surface area contributed by atoms with Crippen LogP contribution in [0.15, 0.2) is 35.1 Å². The van der Waals surface area contributed by atoms with Gasteiger partial charge >= 0.3 is 0 Å². The molecule has 4 N–H and O–H groups in total. The van der Waals surface area contributed by atoms with Gasteiger partial charge in [0.15, 0.2) is 18.2 Å². The maximum absolute atomic E-state index is 14.4. The first-order chi connectivity index (χ1) is 18.7. The number of nitrogens with zero attached hydrogens (tertiary/aromatic N) is 4. The van der Waals surface area contributed by atoms with Gasteiger partial charge in [0.2, 0.25) is 0 Å². The van der Waals surface area contributed by atoms with Crippen LogP contribution in [0.5, 0.6) is 5.75 Å². The number of ether oxygens (including phenoxy) is 1. The van der Waals surface area contributed by atoms with Crippen LogP contribution < -0.4 is 31.6 Å². The van der Waals surface area contributed by atoms with E-state index in [-0.39, 0.29) is 53.8 Å². The molecule has 10 nitrogen and oxygen atoms in total. The van der Waals surface area contributed by atoms with Gasteiger partial charge in [0.25, 0.3) is 11.5 Å². The van der Waals surface area contributed by atoms with Crippen LogP contribution >= 0.6 is 11.6 Å². The highest BCUT2D eigenvalue weighted by Gasteiger charge is 2.33. The number of anilines is 3. The number of fused-ring (bicyclic) bond motifs is 1. The summed E-state index contributed by atoms with van der Waals surface area (Å²) in [5, 5.41) is 16.3. The molecule has 2 unspecified atom stereocenters. The molecule has 12 heteroatoms. The Morgan fingerprint density at radius 2 is 2.00 bits per heavy atom. The van der Waals surface area contributed by atoms with Crippen molar-refractivity contribution in [1.29, 1.82) is 5.26 Å². The van der Waals surface area contributed by atoms with E-state index in [4.69, 9.17) is 22.1 Å². The first-order valence-corrected chi connectivity index (χ1v) is 13.0. The van der Waals surface area contributed by atoms with E-state index in [2.05, 4.69) is 21.7 Å². The number of pyridine rings is 2. The van der Waals surface area contributed by atoms with Crippen LogP contribution in [0.25, 0.3) is 10.9 Å². The lowest BCUT2D eigenvalue weighted by atomic mass is 9.89. The summed E-state index contributed by atoms with van der Waals surface area (Å²) in [5.74, 6) is 0.0120. The molecular weight excluding hydrogens is 525 g/mol. The largest absolute Gasteiger partial charge is 0.478 e. The van der Waals surface area contributed by atoms with Crippen molar-refractivity contribution in [2.45, 2.75) is 26.6 Å². The van der Waals surface area contributed by atoms with Crippen molar-refractivity contribution in [2.75, 3.05) is 43.5 Å². The summed E-state index contributed by atoms with van der Waals surface area (Å²) in [5.41, 5.74) is 6.92. The van der Waals surface area contributed by atoms with Gasteiger partial charge in [0, 0.05) is 56.1 Å². The summed E-state index contributed by atoms with van der Waals surface area (Å²) in [4.78, 5) is 31.2. The Labute approximate surface area is 230 Å². The molecule has 1 fully saturated rings. The minimum absolute atomic E-state index is 0.0213. The molecule has 2 aromatic heterocycles. The molecule has 3 aromatic rings. The van der Waals surface area contributed by atoms with Crippen molar-refractivity contribution in [3.63, 3.8) is 0 Å². The fourth-order valence-electron chi connectivity index (χ4n) is 4.84. The molecular formula is C27H31ClFN7O3. The lowest BCUT2D eigenvalue weighted by Crippen LogP contribution is -2.46. The maximum atomic E-state index is 14.4. The maximum Gasteiger partial charge on any atom is 0.293 e. The molecule has 3 heterocycles. The molecule has 1 saturated heterocycles. The Morgan fingerprint density at radius 3 is 2.64 bits per heavy atom. The molecule has 0 saturated carbocycles. The van der Waals surface area contributed by atoms with Crippen molar-refractivity contribution >= 4 is 45.7 Å². The Hall–Kier alpha value is -3.88. The van der Waals surface area contributed by atoms with Gasteiger partial charge in [0.05, 0.1) is 16.1 Å². The minimum Gasteiger partial charge on any atom is -0.478 e. The summed E-state index contributed by atoms with van der Waals surface area (Å²) >= 11 is 6.49. The standard InChI is InChI=1S/C27H31ClFN7O3/c1-15-12-35(13-16(2)24(15)29)26-18(11-31)9-20(28)25(34-26)33-19-4-5-21-17(8-19)10-22(39-14-23(37)32-3)27(38)36(21)7-6-30/h4-5,8-10,15-16,24H,6-7,12-14,30H2,1-3H3,(H,32,37)(H,33,34). The fraction of sp³-hybridized carbons (Fsp3) is 0.407. The summed E-state index contributed by atoms with van der Waals surface area (Å²) in [7, 11) is 1.48. The number of carbonyl (C=O) groups is 1. The zero-order valence-corrected chi connectivity index (χ0v) is 22.8. The topological polar surface area (TPSA) is 138 Å². The van der Waals surface area contributed by atoms with Crippen molar-refractivity contribution < 1.29 is 13.9 Å². The molecule has 1 aliphatic heterocycles. The third kappa shape index (κ3) is 5.92. The first-order valence-electron chi connectivity index (χ1n) is 12.6. The predicted octanol–water partition coefficient (Wildman–Crippen LogP) is 3.18. The van der Waals surface area contributed by atoms with Gasteiger partial charge in [-0.1, -0.05) is 25.4 Å². The summed E-state index contributed by atoms with van der Waals surface area (Å²) in [6, 6.07) is 10.6. The number of nitrogens with one attached hydrogen (secondary N) is 2. The van der Waals surface area contributed by atoms with Gasteiger partial charge in [-0.15, -0.1) is 0 Å². The number of hydrogen-bond donors (Lipinski definition) is 3. The van der Waals surface area contributed by atoms with E-state index in [1.54, 1.807) is 30.3 Å². The lowest BCUT2D eigenvalue weighted by Gasteiger charge is -2.38. The van der Waals surface area contributed by atoms with Gasteiger partial charge in [-0.3, -0.25) is 9.59 Å². The minimum atomic E-state index is -0.920. The smallest absolute Gasteiger partial charge is 0.293 e. The number of nitrogens with two attached hydrogens (primary N) is 1. The highest BCUT2D eigenvalue weighted by molar-refractivity contribution is 6.33. The SMILES string of the molecule is CNC(=O)COc1cc2cc(Nc3nc(N4CC(C)C(F)C(C)C4)c(C#N)cc3Cl)ccc2n(CCN)c1=O. The molecule has 206 valence electrons. The van der Waals surface area contributed by atoms with Gasteiger partial charge < -0.3 is 30.6 Å². The summed E-state index contributed by atoms with van der Waals surface area (Å²) in [6.07, 6.45) is -0.920. The van der Waals surface area contributed by atoms with Crippen molar-refractivity contribution in [3.8, 4) is 11.8 Å². The molecule has 0 radical (unpaired) electrons. The number of aromatic nitrogens is 2. The molecule has 4 rings (SSSR count). The Bertz CT molecular complexity index is 1480. The molecule has 1 aromatic carbocycles. The van der Waals surface area contributed by atoms with E-state index < -0.39 is 6.17 Å². The molecule has 1 amide bonds. The fourth-order valence-corrected chi connectivity index (χ4v) is 5.04. The molecule has 39 heavy (non-hydrogen) atoms. The second kappa shape index (κ2) is 11.9. The van der Waals surface area contributed by atoms with Crippen LogP contribution in [0.1, 0.15) is 19.4 Å². The number of benzene rings is 1. The van der Waals surface area contributed by atoms with Crippen LogP contribution in [0.3, 0.4) is 0 Å². The Balaban J connectivity index is 1.71. The van der Waals surface area contributed by atoms with E-state index in [1.807, 2.05) is 18.7 Å². The average molecular weight is 556 g/mol. The number of amides is 1. The first kappa shape index (κ1) is 28.1. The van der Waals surface area contributed by atoms with E-state index in [1.165, 1.54) is 11.6 Å². The van der Waals surface area contributed by atoms with Crippen LogP contribution in [0, 0.1) is 23.2 Å². The van der Waals surface area contributed by atoms with Crippen LogP contribution in [0.2, 0.25) is 5.02 Å². The highest BCUT2D eigenvalue weighted by atomic mass is 35.5. The third-order valence-electron chi connectivity index (χ3n) is 6.79. The highest BCUT2D eigenvalue weighted by Crippen LogP contribution is 2.34. The summed E-state index contributed by atoms with van der Waals surface area (Å²) in [6.45, 7) is 4.75. The van der Waals surface area contributed by atoms with Crippen LogP contribution in [-0.2, 0) is 11.3 Å². The van der Waals surface area contributed by atoms with Crippen molar-refractivity contribution in [2.24, 2.45) is 17.6 Å². The van der Waals surface area contributed by atoms with Crippen molar-refractivity contribution in [1.82, 2.24) is 14.9 Å². The third-order valence-corrected chi connectivity index (χ3v) is 7.08. The van der Waals surface area contributed by atoms with Crippen LogP contribution in [0.4, 0.5) is 21.7 Å². The van der Waals surface area contributed by atoms with Gasteiger partial charge in [-0.2, -0.15) is 5.26 Å². The predicted molar refractivity (Wildman–Crippen MR) is 150 cm³/mol. The number of likely N-dealkylation sites (N-methyl/N-ethyl adjacent to an activating group) is 1. The molecule has 0 aliphatic carbocycles. The second-order valence-corrected chi connectivity index (χ2v) is 10.1. The second-order valence-electron chi connectivity index (χ2n) is 9.72. The Morgan fingerprint density at radius 1 is 1.28 bits per heavy atom. The lowest BCUT2D eigenvalue weighted by molar-refractivity contribution is -0.122. The number of hydrogen-bond acceptors (Lipinski definition) is 8. The molecule has 0 spiro atoms. The number of halogens is 2. The normalized spacial score (nSPS) is 19.0. The van der Waals surface area contributed by atoms with E-state index >= 15 is 0 Å². The molecule has 1 aliphatic rings. The zero-order valence-electron chi connectivity index (χ0n) is 22.0. The number of piperidine rings is 1. The molecule has 0 bridgehead atoms. The monoisotopic (exact) mass is 555 g/mol. The summed E-state index contributed by atoms with van der Waals surface area (Å²) < 4.78 is 21.4. The molecule has 2 atom stereocenters.